The van der Waals surface area contributed by atoms with E-state index in [4.69, 9.17) is 14.9 Å². The molecule has 0 bridgehead atoms. The first-order chi connectivity index (χ1) is 14.0. The molecule has 3 aromatic rings. The van der Waals surface area contributed by atoms with Crippen molar-refractivity contribution < 1.29 is 13.9 Å². The van der Waals surface area contributed by atoms with Crippen LogP contribution in [0.1, 0.15) is 51.3 Å². The van der Waals surface area contributed by atoms with E-state index in [0.29, 0.717) is 34.6 Å². The van der Waals surface area contributed by atoms with E-state index < -0.39 is 0 Å². The molecule has 1 amide bonds. The van der Waals surface area contributed by atoms with Crippen LogP contribution >= 0.6 is 11.3 Å². The standard InChI is InChI=1S/C21H24N4O3S/c1-13-18(29-21(22)24-13)20(26)25-8-4-6-15(12-25)19-23-11-17(28-19)10-14-5-3-7-16(9-14)27-2/h3,5,7,9,11,15H,4,6,8,10,12H2,1-2H3,(H2,22,24)/t15-/m0/s1. The number of aryl methyl sites for hydroxylation is 1. The summed E-state index contributed by atoms with van der Waals surface area (Å²) < 4.78 is 11.3. The maximum atomic E-state index is 12.9. The van der Waals surface area contributed by atoms with Gasteiger partial charge >= 0.3 is 0 Å². The van der Waals surface area contributed by atoms with Crippen LogP contribution in [0.15, 0.2) is 34.9 Å². The molecule has 0 unspecified atom stereocenters. The van der Waals surface area contributed by atoms with Gasteiger partial charge in [0.25, 0.3) is 5.91 Å². The van der Waals surface area contributed by atoms with Gasteiger partial charge in [0.2, 0.25) is 0 Å². The van der Waals surface area contributed by atoms with Gasteiger partial charge in [0.15, 0.2) is 11.0 Å². The smallest absolute Gasteiger partial charge is 0.265 e. The van der Waals surface area contributed by atoms with Crippen LogP contribution in [0.3, 0.4) is 0 Å². The molecule has 152 valence electrons. The number of thiazole rings is 1. The Hall–Kier alpha value is -2.87. The summed E-state index contributed by atoms with van der Waals surface area (Å²) in [6.45, 7) is 3.14. The third-order valence-corrected chi connectivity index (χ3v) is 6.12. The lowest BCUT2D eigenvalue weighted by Crippen LogP contribution is -2.39. The number of amides is 1. The number of likely N-dealkylation sites (tertiary alicyclic amines) is 1. The highest BCUT2D eigenvalue weighted by Crippen LogP contribution is 2.30. The molecule has 1 fully saturated rings. The fourth-order valence-electron chi connectivity index (χ4n) is 3.70. The van der Waals surface area contributed by atoms with Crippen LogP contribution < -0.4 is 10.5 Å². The summed E-state index contributed by atoms with van der Waals surface area (Å²) in [5.41, 5.74) is 7.55. The van der Waals surface area contributed by atoms with E-state index in [1.54, 1.807) is 13.3 Å². The number of carbonyl (C=O) groups is 1. The molecule has 1 aliphatic heterocycles. The van der Waals surface area contributed by atoms with Crippen LogP contribution in [0.2, 0.25) is 0 Å². The molecule has 0 radical (unpaired) electrons. The van der Waals surface area contributed by atoms with E-state index >= 15 is 0 Å². The molecule has 1 aliphatic rings. The van der Waals surface area contributed by atoms with Crippen LogP contribution in [-0.2, 0) is 6.42 Å². The maximum absolute atomic E-state index is 12.9. The second-order valence-corrected chi connectivity index (χ2v) is 8.28. The maximum Gasteiger partial charge on any atom is 0.265 e. The van der Waals surface area contributed by atoms with Gasteiger partial charge in [-0.3, -0.25) is 4.79 Å². The third-order valence-electron chi connectivity index (χ3n) is 5.15. The minimum atomic E-state index is -0.00967. The van der Waals surface area contributed by atoms with Crippen molar-refractivity contribution in [2.24, 2.45) is 0 Å². The van der Waals surface area contributed by atoms with Gasteiger partial charge in [-0.1, -0.05) is 23.5 Å². The second kappa shape index (κ2) is 8.24. The number of anilines is 1. The van der Waals surface area contributed by atoms with Crippen molar-refractivity contribution in [3.8, 4) is 5.75 Å². The van der Waals surface area contributed by atoms with Gasteiger partial charge in [-0.25, -0.2) is 9.97 Å². The van der Waals surface area contributed by atoms with Crippen molar-refractivity contribution in [2.75, 3.05) is 25.9 Å². The van der Waals surface area contributed by atoms with Crippen molar-refractivity contribution in [1.29, 1.82) is 0 Å². The highest BCUT2D eigenvalue weighted by molar-refractivity contribution is 7.17. The molecule has 1 atom stereocenters. The number of benzene rings is 1. The molecule has 2 N–H and O–H groups in total. The lowest BCUT2D eigenvalue weighted by Gasteiger charge is -2.31. The lowest BCUT2D eigenvalue weighted by molar-refractivity contribution is 0.0702. The zero-order valence-corrected chi connectivity index (χ0v) is 17.4. The van der Waals surface area contributed by atoms with E-state index in [1.165, 1.54) is 11.3 Å². The largest absolute Gasteiger partial charge is 0.497 e. The van der Waals surface area contributed by atoms with Crippen LogP contribution in [-0.4, -0.2) is 41.0 Å². The Kier molecular flexibility index (Phi) is 5.53. The topological polar surface area (TPSA) is 94.5 Å². The summed E-state index contributed by atoms with van der Waals surface area (Å²) in [6, 6.07) is 7.91. The molecule has 0 aliphatic carbocycles. The molecule has 8 heteroatoms. The number of hydrogen-bond donors (Lipinski definition) is 1. The monoisotopic (exact) mass is 412 g/mol. The predicted molar refractivity (Wildman–Crippen MR) is 111 cm³/mol. The van der Waals surface area contributed by atoms with E-state index in [2.05, 4.69) is 9.97 Å². The van der Waals surface area contributed by atoms with Gasteiger partial charge in [-0.2, -0.15) is 0 Å². The number of oxazole rings is 1. The number of methoxy groups -OCH3 is 1. The zero-order valence-electron chi connectivity index (χ0n) is 16.6. The number of carbonyl (C=O) groups excluding carboxylic acids is 1. The first-order valence-corrected chi connectivity index (χ1v) is 10.4. The zero-order chi connectivity index (χ0) is 20.4. The van der Waals surface area contributed by atoms with Crippen molar-refractivity contribution >= 4 is 22.4 Å². The van der Waals surface area contributed by atoms with Gasteiger partial charge in [-0.05, 0) is 37.5 Å². The molecule has 29 heavy (non-hydrogen) atoms. The molecule has 1 aromatic carbocycles. The van der Waals surface area contributed by atoms with E-state index in [1.807, 2.05) is 36.1 Å². The number of nitrogens with two attached hydrogens (primary N) is 1. The Morgan fingerprint density at radius 2 is 2.31 bits per heavy atom. The highest BCUT2D eigenvalue weighted by atomic mass is 32.1. The number of rotatable bonds is 5. The first-order valence-electron chi connectivity index (χ1n) is 9.63. The number of ether oxygens (including phenoxy) is 1. The van der Waals surface area contributed by atoms with E-state index in [0.717, 1.165) is 36.5 Å². The van der Waals surface area contributed by atoms with Crippen LogP contribution in [0.25, 0.3) is 0 Å². The van der Waals surface area contributed by atoms with Gasteiger partial charge < -0.3 is 19.8 Å². The van der Waals surface area contributed by atoms with Gasteiger partial charge in [0, 0.05) is 19.5 Å². The molecule has 0 saturated carbocycles. The third kappa shape index (κ3) is 4.27. The van der Waals surface area contributed by atoms with Crippen LogP contribution in [0.5, 0.6) is 5.75 Å². The van der Waals surface area contributed by atoms with Crippen LogP contribution in [0.4, 0.5) is 5.13 Å². The average Bonchev–Trinajstić information content (AvgIpc) is 3.33. The molecule has 3 heterocycles. The van der Waals surface area contributed by atoms with E-state index in [-0.39, 0.29) is 11.8 Å². The number of aromatic nitrogens is 2. The SMILES string of the molecule is COc1cccc(Cc2cnc([C@H]3CCCN(C(=O)c4sc(N)nc4C)C3)o2)c1. The lowest BCUT2D eigenvalue weighted by atomic mass is 9.98. The Labute approximate surface area is 173 Å². The molecular formula is C21H24N4O3S. The second-order valence-electron chi connectivity index (χ2n) is 7.25. The average molecular weight is 413 g/mol. The number of nitrogens with zero attached hydrogens (tertiary/aromatic N) is 3. The summed E-state index contributed by atoms with van der Waals surface area (Å²) in [5, 5.41) is 0.425. The Morgan fingerprint density at radius 1 is 1.45 bits per heavy atom. The fourth-order valence-corrected chi connectivity index (χ4v) is 4.50. The van der Waals surface area contributed by atoms with Crippen molar-refractivity contribution in [2.45, 2.75) is 32.1 Å². The molecule has 4 rings (SSSR count). The molecule has 0 spiro atoms. The van der Waals surface area contributed by atoms with Crippen molar-refractivity contribution in [3.05, 3.63) is 58.2 Å². The minimum Gasteiger partial charge on any atom is -0.497 e. The molecule has 2 aromatic heterocycles. The minimum absolute atomic E-state index is 0.00967. The summed E-state index contributed by atoms with van der Waals surface area (Å²) in [5.74, 6) is 2.41. The molecular weight excluding hydrogens is 388 g/mol. The Morgan fingerprint density at radius 3 is 3.07 bits per heavy atom. The fraction of sp³-hybridized carbons (Fsp3) is 0.381. The Balaban J connectivity index is 1.45. The summed E-state index contributed by atoms with van der Waals surface area (Å²) in [7, 11) is 1.66. The van der Waals surface area contributed by atoms with Gasteiger partial charge in [0.1, 0.15) is 16.4 Å². The quantitative estimate of drug-likeness (QED) is 0.687. The highest BCUT2D eigenvalue weighted by Gasteiger charge is 2.30. The normalized spacial score (nSPS) is 16.8. The molecule has 1 saturated heterocycles. The van der Waals surface area contributed by atoms with Crippen molar-refractivity contribution in [3.63, 3.8) is 0 Å². The Bertz CT molecular complexity index is 1010. The number of hydrogen-bond acceptors (Lipinski definition) is 7. The van der Waals surface area contributed by atoms with Crippen LogP contribution in [0, 0.1) is 6.92 Å². The predicted octanol–water partition coefficient (Wildman–Crippen LogP) is 3.64. The van der Waals surface area contributed by atoms with Gasteiger partial charge in [-0.15, -0.1) is 0 Å². The number of piperidine rings is 1. The van der Waals surface area contributed by atoms with E-state index in [9.17, 15) is 4.79 Å². The summed E-state index contributed by atoms with van der Waals surface area (Å²) >= 11 is 1.25. The summed E-state index contributed by atoms with van der Waals surface area (Å²) in [4.78, 5) is 24.0. The number of nitrogen functional groups attached to an aromatic ring is 1. The van der Waals surface area contributed by atoms with Crippen molar-refractivity contribution in [1.82, 2.24) is 14.9 Å². The summed E-state index contributed by atoms with van der Waals surface area (Å²) in [6.07, 6.45) is 4.30. The first kappa shape index (κ1) is 19.4. The van der Waals surface area contributed by atoms with Gasteiger partial charge in [0.05, 0.1) is 24.9 Å². The molecule has 7 nitrogen and oxygen atoms in total.